The predicted molar refractivity (Wildman–Crippen MR) is 115 cm³/mol. The fraction of sp³-hybridized carbons (Fsp3) is 0.261. The normalized spacial score (nSPS) is 14.8. The van der Waals surface area contributed by atoms with Crippen LogP contribution < -0.4 is 24.4 Å². The number of benzene rings is 2. The lowest BCUT2D eigenvalue weighted by molar-refractivity contribution is 0.0951. The number of hydrogen-bond donors (Lipinski definition) is 1. The van der Waals surface area contributed by atoms with E-state index in [2.05, 4.69) is 20.2 Å². The van der Waals surface area contributed by atoms with Crippen LogP contribution in [0.1, 0.15) is 15.9 Å². The van der Waals surface area contributed by atoms with E-state index in [-0.39, 0.29) is 12.7 Å². The molecule has 0 aliphatic carbocycles. The molecule has 1 N–H and O–H groups in total. The molecule has 0 radical (unpaired) electrons. The summed E-state index contributed by atoms with van der Waals surface area (Å²) in [6.45, 7) is 3.37. The number of ether oxygens (including phenoxy) is 4. The molecule has 3 aromatic rings. The topological polar surface area (TPSA) is 95.0 Å². The molecule has 164 valence electrons. The third-order valence-electron chi connectivity index (χ3n) is 5.18. The average molecular weight is 434 g/mol. The van der Waals surface area contributed by atoms with Gasteiger partial charge in [0.1, 0.15) is 5.75 Å². The molecule has 0 spiro atoms. The Morgan fingerprint density at radius 1 is 1.00 bits per heavy atom. The van der Waals surface area contributed by atoms with E-state index >= 15 is 0 Å². The zero-order valence-electron chi connectivity index (χ0n) is 17.3. The molecule has 0 saturated carbocycles. The SMILES string of the molecule is O=C(NCc1ccc2c(c1)OCO2)c1ccc(Oc2nccnc2N2CCOCC2)cc1. The van der Waals surface area contributed by atoms with Crippen LogP contribution >= 0.6 is 0 Å². The van der Waals surface area contributed by atoms with Crippen molar-refractivity contribution in [1.82, 2.24) is 15.3 Å². The monoisotopic (exact) mass is 434 g/mol. The van der Waals surface area contributed by atoms with Crippen molar-refractivity contribution in [2.75, 3.05) is 38.0 Å². The van der Waals surface area contributed by atoms with Crippen molar-refractivity contribution in [3.63, 3.8) is 0 Å². The third-order valence-corrected chi connectivity index (χ3v) is 5.18. The minimum Gasteiger partial charge on any atom is -0.454 e. The molecule has 0 bridgehead atoms. The van der Waals surface area contributed by atoms with Gasteiger partial charge in [-0.2, -0.15) is 0 Å². The van der Waals surface area contributed by atoms with Crippen molar-refractivity contribution in [3.8, 4) is 23.1 Å². The quantitative estimate of drug-likeness (QED) is 0.633. The van der Waals surface area contributed by atoms with Crippen molar-refractivity contribution in [2.45, 2.75) is 6.54 Å². The van der Waals surface area contributed by atoms with E-state index in [0.29, 0.717) is 48.5 Å². The summed E-state index contributed by atoms with van der Waals surface area (Å²) in [5.41, 5.74) is 1.46. The van der Waals surface area contributed by atoms with E-state index in [9.17, 15) is 4.79 Å². The Morgan fingerprint density at radius 3 is 2.62 bits per heavy atom. The lowest BCUT2D eigenvalue weighted by Crippen LogP contribution is -2.37. The molecular formula is C23H22N4O5. The van der Waals surface area contributed by atoms with Crippen LogP contribution in [-0.2, 0) is 11.3 Å². The van der Waals surface area contributed by atoms with Crippen LogP contribution in [0.2, 0.25) is 0 Å². The number of carbonyl (C=O) groups excluding carboxylic acids is 1. The van der Waals surface area contributed by atoms with E-state index in [1.54, 1.807) is 36.7 Å². The highest BCUT2D eigenvalue weighted by atomic mass is 16.7. The molecule has 5 rings (SSSR count). The van der Waals surface area contributed by atoms with Crippen LogP contribution in [0.15, 0.2) is 54.9 Å². The van der Waals surface area contributed by atoms with Crippen molar-refractivity contribution >= 4 is 11.7 Å². The van der Waals surface area contributed by atoms with Crippen LogP contribution in [0.5, 0.6) is 23.1 Å². The van der Waals surface area contributed by atoms with Crippen LogP contribution in [0.4, 0.5) is 5.82 Å². The molecule has 2 aromatic carbocycles. The zero-order valence-corrected chi connectivity index (χ0v) is 17.3. The third kappa shape index (κ3) is 4.42. The predicted octanol–water partition coefficient (Wildman–Crippen LogP) is 2.76. The number of morpholine rings is 1. The number of amides is 1. The van der Waals surface area contributed by atoms with Crippen molar-refractivity contribution in [1.29, 1.82) is 0 Å². The minimum absolute atomic E-state index is 0.178. The first-order valence-corrected chi connectivity index (χ1v) is 10.3. The van der Waals surface area contributed by atoms with Crippen LogP contribution in [0.25, 0.3) is 0 Å². The Kier molecular flexibility index (Phi) is 5.71. The van der Waals surface area contributed by atoms with Gasteiger partial charge in [0.05, 0.1) is 13.2 Å². The number of fused-ring (bicyclic) bond motifs is 1. The maximum atomic E-state index is 12.5. The van der Waals surface area contributed by atoms with Crippen molar-refractivity contribution in [2.24, 2.45) is 0 Å². The fourth-order valence-corrected chi connectivity index (χ4v) is 3.50. The standard InChI is InChI=1S/C23H22N4O5/c28-22(26-14-16-1-6-19-20(13-16)31-15-30-19)17-2-4-18(5-3-17)32-23-21(24-7-8-25-23)27-9-11-29-12-10-27/h1-8,13H,9-12,14-15H2,(H,26,28). The van der Waals surface area contributed by atoms with Gasteiger partial charge in [-0.3, -0.25) is 4.79 Å². The number of nitrogens with one attached hydrogen (secondary N) is 1. The highest BCUT2D eigenvalue weighted by Crippen LogP contribution is 2.32. The summed E-state index contributed by atoms with van der Waals surface area (Å²) in [5, 5.41) is 2.91. The molecule has 0 atom stereocenters. The van der Waals surface area contributed by atoms with Gasteiger partial charge in [-0.05, 0) is 42.0 Å². The maximum absolute atomic E-state index is 12.5. The number of rotatable bonds is 6. The summed E-state index contributed by atoms with van der Waals surface area (Å²) in [6.07, 6.45) is 3.24. The molecule has 2 aliphatic rings. The van der Waals surface area contributed by atoms with Crippen molar-refractivity contribution in [3.05, 3.63) is 66.0 Å². The lowest BCUT2D eigenvalue weighted by Gasteiger charge is -2.28. The molecule has 1 amide bonds. The Bertz CT molecular complexity index is 1100. The summed E-state index contributed by atoms with van der Waals surface area (Å²) >= 11 is 0. The summed E-state index contributed by atoms with van der Waals surface area (Å²) in [5.74, 6) is 2.92. The van der Waals surface area contributed by atoms with Gasteiger partial charge in [0.2, 0.25) is 6.79 Å². The first-order chi connectivity index (χ1) is 15.8. The van der Waals surface area contributed by atoms with Gasteiger partial charge in [0.25, 0.3) is 11.8 Å². The largest absolute Gasteiger partial charge is 0.454 e. The molecule has 1 fully saturated rings. The van der Waals surface area contributed by atoms with Gasteiger partial charge in [-0.15, -0.1) is 0 Å². The second kappa shape index (κ2) is 9.11. The number of aromatic nitrogens is 2. The number of carbonyl (C=O) groups is 1. The van der Waals surface area contributed by atoms with Crippen LogP contribution in [-0.4, -0.2) is 49.0 Å². The van der Waals surface area contributed by atoms with E-state index in [0.717, 1.165) is 24.4 Å². The Labute approximate surface area is 184 Å². The summed E-state index contributed by atoms with van der Waals surface area (Å²) in [4.78, 5) is 23.4. The zero-order chi connectivity index (χ0) is 21.8. The summed E-state index contributed by atoms with van der Waals surface area (Å²) < 4.78 is 22.0. The summed E-state index contributed by atoms with van der Waals surface area (Å²) in [6, 6.07) is 12.5. The molecule has 9 heteroatoms. The average Bonchev–Trinajstić information content (AvgIpc) is 3.32. The molecule has 3 heterocycles. The van der Waals surface area contributed by atoms with E-state index in [1.165, 1.54) is 0 Å². The van der Waals surface area contributed by atoms with Gasteiger partial charge < -0.3 is 29.2 Å². The minimum atomic E-state index is -0.178. The maximum Gasteiger partial charge on any atom is 0.263 e. The molecule has 9 nitrogen and oxygen atoms in total. The number of nitrogens with zero attached hydrogens (tertiary/aromatic N) is 3. The van der Waals surface area contributed by atoms with Crippen LogP contribution in [0.3, 0.4) is 0 Å². The Hall–Kier alpha value is -3.85. The Balaban J connectivity index is 1.21. The smallest absolute Gasteiger partial charge is 0.263 e. The molecule has 0 unspecified atom stereocenters. The molecular weight excluding hydrogens is 412 g/mol. The van der Waals surface area contributed by atoms with E-state index in [1.807, 2.05) is 18.2 Å². The molecule has 2 aliphatic heterocycles. The lowest BCUT2D eigenvalue weighted by atomic mass is 10.1. The van der Waals surface area contributed by atoms with Gasteiger partial charge >= 0.3 is 0 Å². The first kappa shape index (κ1) is 20.1. The number of hydrogen-bond acceptors (Lipinski definition) is 8. The van der Waals surface area contributed by atoms with E-state index in [4.69, 9.17) is 18.9 Å². The second-order valence-electron chi connectivity index (χ2n) is 7.28. The first-order valence-electron chi connectivity index (χ1n) is 10.3. The van der Waals surface area contributed by atoms with Crippen LogP contribution in [0, 0.1) is 0 Å². The molecule has 1 saturated heterocycles. The van der Waals surface area contributed by atoms with Gasteiger partial charge in [-0.25, -0.2) is 9.97 Å². The van der Waals surface area contributed by atoms with Crippen molar-refractivity contribution < 1.29 is 23.7 Å². The second-order valence-corrected chi connectivity index (χ2v) is 7.28. The van der Waals surface area contributed by atoms with Gasteiger partial charge in [0, 0.05) is 37.6 Å². The Morgan fingerprint density at radius 2 is 1.78 bits per heavy atom. The highest BCUT2D eigenvalue weighted by Gasteiger charge is 2.19. The molecule has 32 heavy (non-hydrogen) atoms. The number of anilines is 1. The van der Waals surface area contributed by atoms with Gasteiger partial charge in [-0.1, -0.05) is 6.07 Å². The van der Waals surface area contributed by atoms with E-state index < -0.39 is 0 Å². The van der Waals surface area contributed by atoms with Gasteiger partial charge in [0.15, 0.2) is 17.3 Å². The molecule has 1 aromatic heterocycles. The fourth-order valence-electron chi connectivity index (χ4n) is 3.50. The summed E-state index contributed by atoms with van der Waals surface area (Å²) in [7, 11) is 0. The highest BCUT2D eigenvalue weighted by molar-refractivity contribution is 5.94.